The summed E-state index contributed by atoms with van der Waals surface area (Å²) in [6, 6.07) is 12.3. The number of thiophene rings is 1. The third kappa shape index (κ3) is 3.91. The van der Waals surface area contributed by atoms with Gasteiger partial charge in [0.2, 0.25) is 0 Å². The Hall–Kier alpha value is -2.88. The Balaban J connectivity index is 1.77. The number of carbonyl (C=O) groups is 1. The molecule has 9 heteroatoms. The van der Waals surface area contributed by atoms with Crippen LogP contribution < -0.4 is 4.80 Å². The van der Waals surface area contributed by atoms with Gasteiger partial charge in [0.25, 0.3) is 11.6 Å². The van der Waals surface area contributed by atoms with Crippen LogP contribution in [0.15, 0.2) is 47.5 Å². The summed E-state index contributed by atoms with van der Waals surface area (Å²) in [6.45, 7) is 5.74. The zero-order chi connectivity index (χ0) is 21.3. The number of aromatic nitrogens is 1. The standard InChI is InChI=1S/C21H19N3O4S2/c1-3-28-10-9-23-19-13(2)5-4-6-17(19)30-21(23)22-20(25)18-12-14-11-15(24(26)27)7-8-16(14)29-18/h4-8,11-12H,3,9-10H2,1-2H3. The number of ether oxygens (including phenoxy) is 1. The molecule has 0 N–H and O–H groups in total. The van der Waals surface area contributed by atoms with Gasteiger partial charge in [-0.1, -0.05) is 23.5 Å². The van der Waals surface area contributed by atoms with Crippen LogP contribution >= 0.6 is 22.7 Å². The highest BCUT2D eigenvalue weighted by Crippen LogP contribution is 2.29. The second kappa shape index (κ2) is 8.47. The van der Waals surface area contributed by atoms with E-state index in [1.807, 2.05) is 36.6 Å². The van der Waals surface area contributed by atoms with Gasteiger partial charge in [-0.15, -0.1) is 11.3 Å². The van der Waals surface area contributed by atoms with Crippen molar-refractivity contribution in [3.63, 3.8) is 0 Å². The minimum Gasteiger partial charge on any atom is -0.380 e. The monoisotopic (exact) mass is 441 g/mol. The summed E-state index contributed by atoms with van der Waals surface area (Å²) in [5.41, 5.74) is 2.18. The summed E-state index contributed by atoms with van der Waals surface area (Å²) in [5, 5.41) is 11.7. The second-order valence-electron chi connectivity index (χ2n) is 6.66. The molecule has 0 atom stereocenters. The molecule has 0 bridgehead atoms. The molecule has 7 nitrogen and oxygen atoms in total. The maximum Gasteiger partial charge on any atom is 0.289 e. The topological polar surface area (TPSA) is 86.7 Å². The van der Waals surface area contributed by atoms with E-state index in [4.69, 9.17) is 4.74 Å². The maximum atomic E-state index is 12.9. The minimum absolute atomic E-state index is 0.00462. The highest BCUT2D eigenvalue weighted by Gasteiger charge is 2.15. The molecular formula is C21H19N3O4S2. The lowest BCUT2D eigenvalue weighted by Crippen LogP contribution is -2.20. The Morgan fingerprint density at radius 2 is 2.03 bits per heavy atom. The summed E-state index contributed by atoms with van der Waals surface area (Å²) in [4.78, 5) is 28.9. The first-order chi connectivity index (χ1) is 14.5. The summed E-state index contributed by atoms with van der Waals surface area (Å²) in [5.74, 6) is -0.353. The van der Waals surface area contributed by atoms with Crippen molar-refractivity contribution >= 4 is 54.6 Å². The van der Waals surface area contributed by atoms with E-state index in [2.05, 4.69) is 4.99 Å². The van der Waals surface area contributed by atoms with Gasteiger partial charge in [0.1, 0.15) is 0 Å². The van der Waals surface area contributed by atoms with Crippen LogP contribution in [0.5, 0.6) is 0 Å². The van der Waals surface area contributed by atoms with Gasteiger partial charge >= 0.3 is 0 Å². The number of hydrogen-bond donors (Lipinski definition) is 0. The number of fused-ring (bicyclic) bond motifs is 2. The number of carbonyl (C=O) groups excluding carboxylic acids is 1. The Labute approximate surface area is 180 Å². The molecule has 0 saturated carbocycles. The predicted octanol–water partition coefficient (Wildman–Crippen LogP) is 4.91. The van der Waals surface area contributed by atoms with Crippen LogP contribution in [0.2, 0.25) is 0 Å². The van der Waals surface area contributed by atoms with Crippen LogP contribution in [0, 0.1) is 17.0 Å². The lowest BCUT2D eigenvalue weighted by atomic mass is 10.2. The molecule has 2 heterocycles. The molecule has 2 aromatic heterocycles. The van der Waals surface area contributed by atoms with Gasteiger partial charge < -0.3 is 9.30 Å². The number of rotatable bonds is 6. The van der Waals surface area contributed by atoms with Gasteiger partial charge in [0, 0.05) is 35.4 Å². The third-order valence-corrected chi connectivity index (χ3v) is 6.83. The Morgan fingerprint density at radius 1 is 1.20 bits per heavy atom. The van der Waals surface area contributed by atoms with Crippen molar-refractivity contribution in [2.24, 2.45) is 4.99 Å². The lowest BCUT2D eigenvalue weighted by molar-refractivity contribution is -0.384. The second-order valence-corrected chi connectivity index (χ2v) is 8.75. The molecule has 1 amide bonds. The van der Waals surface area contributed by atoms with Crippen molar-refractivity contribution in [3.8, 4) is 0 Å². The number of nitro groups is 1. The van der Waals surface area contributed by atoms with E-state index in [9.17, 15) is 14.9 Å². The van der Waals surface area contributed by atoms with Crippen molar-refractivity contribution in [2.45, 2.75) is 20.4 Å². The first-order valence-electron chi connectivity index (χ1n) is 9.41. The molecule has 0 aliphatic carbocycles. The van der Waals surface area contributed by atoms with Crippen LogP contribution in [-0.2, 0) is 11.3 Å². The van der Waals surface area contributed by atoms with Crippen molar-refractivity contribution in [1.82, 2.24) is 4.57 Å². The van der Waals surface area contributed by atoms with Crippen LogP contribution in [0.4, 0.5) is 5.69 Å². The van der Waals surface area contributed by atoms with E-state index < -0.39 is 4.92 Å². The van der Waals surface area contributed by atoms with Gasteiger partial charge in [-0.25, -0.2) is 0 Å². The van der Waals surface area contributed by atoms with E-state index in [0.717, 1.165) is 20.5 Å². The molecule has 4 aromatic rings. The smallest absolute Gasteiger partial charge is 0.289 e. The van der Waals surface area contributed by atoms with Crippen molar-refractivity contribution < 1.29 is 14.5 Å². The molecule has 30 heavy (non-hydrogen) atoms. The molecule has 0 aliphatic heterocycles. The zero-order valence-electron chi connectivity index (χ0n) is 16.5. The highest BCUT2D eigenvalue weighted by molar-refractivity contribution is 7.21. The molecule has 0 unspecified atom stereocenters. The molecule has 154 valence electrons. The van der Waals surface area contributed by atoms with Crippen LogP contribution in [0.25, 0.3) is 20.3 Å². The predicted molar refractivity (Wildman–Crippen MR) is 119 cm³/mol. The number of thiazole rings is 1. The lowest BCUT2D eigenvalue weighted by Gasteiger charge is -2.07. The van der Waals surface area contributed by atoms with Crippen LogP contribution in [0.1, 0.15) is 22.2 Å². The number of amides is 1. The summed E-state index contributed by atoms with van der Waals surface area (Å²) >= 11 is 2.75. The van der Waals surface area contributed by atoms with Gasteiger partial charge in [-0.05, 0) is 37.6 Å². The minimum atomic E-state index is -0.441. The number of nitrogens with zero attached hydrogens (tertiary/aromatic N) is 3. The molecule has 0 spiro atoms. The fourth-order valence-electron chi connectivity index (χ4n) is 3.29. The molecule has 0 aliphatic rings. The number of hydrogen-bond acceptors (Lipinski definition) is 6. The molecule has 0 radical (unpaired) electrons. The molecule has 4 rings (SSSR count). The number of benzene rings is 2. The number of para-hydroxylation sites is 1. The summed E-state index contributed by atoms with van der Waals surface area (Å²) in [7, 11) is 0. The normalized spacial score (nSPS) is 12.1. The van der Waals surface area contributed by atoms with E-state index in [1.165, 1.54) is 34.8 Å². The van der Waals surface area contributed by atoms with E-state index in [1.54, 1.807) is 12.1 Å². The van der Waals surface area contributed by atoms with Gasteiger partial charge in [-0.2, -0.15) is 4.99 Å². The molecule has 0 saturated heterocycles. The van der Waals surface area contributed by atoms with Crippen molar-refractivity contribution in [3.05, 3.63) is 67.8 Å². The molecular weight excluding hydrogens is 422 g/mol. The van der Waals surface area contributed by atoms with E-state index in [0.29, 0.717) is 34.8 Å². The van der Waals surface area contributed by atoms with Crippen molar-refractivity contribution in [1.29, 1.82) is 0 Å². The van der Waals surface area contributed by atoms with E-state index >= 15 is 0 Å². The number of nitro benzene ring substituents is 1. The number of non-ortho nitro benzene ring substituents is 1. The largest absolute Gasteiger partial charge is 0.380 e. The Morgan fingerprint density at radius 3 is 2.80 bits per heavy atom. The van der Waals surface area contributed by atoms with E-state index in [-0.39, 0.29) is 11.6 Å². The molecule has 2 aromatic carbocycles. The fraction of sp³-hybridized carbons (Fsp3) is 0.238. The van der Waals surface area contributed by atoms with Crippen LogP contribution in [0.3, 0.4) is 0 Å². The first kappa shape index (κ1) is 20.4. The number of aryl methyl sites for hydroxylation is 1. The molecule has 0 fully saturated rings. The highest BCUT2D eigenvalue weighted by atomic mass is 32.1. The zero-order valence-corrected chi connectivity index (χ0v) is 18.1. The SMILES string of the molecule is CCOCCn1c(=NC(=O)c2cc3cc([N+](=O)[O-])ccc3s2)sc2cccc(C)c21. The van der Waals surface area contributed by atoms with Crippen molar-refractivity contribution in [2.75, 3.05) is 13.2 Å². The Kier molecular flexibility index (Phi) is 5.76. The average molecular weight is 442 g/mol. The van der Waals surface area contributed by atoms with Gasteiger partial charge in [0.15, 0.2) is 4.80 Å². The summed E-state index contributed by atoms with van der Waals surface area (Å²) < 4.78 is 9.42. The third-order valence-electron chi connectivity index (χ3n) is 4.68. The first-order valence-corrected chi connectivity index (χ1v) is 11.0. The maximum absolute atomic E-state index is 12.9. The summed E-state index contributed by atoms with van der Waals surface area (Å²) in [6.07, 6.45) is 0. The van der Waals surface area contributed by atoms with Crippen LogP contribution in [-0.4, -0.2) is 28.6 Å². The average Bonchev–Trinajstić information content (AvgIpc) is 3.30. The fourth-order valence-corrected chi connectivity index (χ4v) is 5.35. The van der Waals surface area contributed by atoms with Gasteiger partial charge in [-0.3, -0.25) is 14.9 Å². The quantitative estimate of drug-likeness (QED) is 0.242. The Bertz CT molecular complexity index is 1330. The van der Waals surface area contributed by atoms with Gasteiger partial charge in [0.05, 0.1) is 26.6 Å².